The molecule has 1 fully saturated rings. The summed E-state index contributed by atoms with van der Waals surface area (Å²) in [6.07, 6.45) is 1.08. The van der Waals surface area contributed by atoms with Gasteiger partial charge in [-0.15, -0.1) is 0 Å². The predicted octanol–water partition coefficient (Wildman–Crippen LogP) is 2.59. The average Bonchev–Trinajstić information content (AvgIpc) is 2.19. The summed E-state index contributed by atoms with van der Waals surface area (Å²) in [5, 5.41) is 3.23. The maximum atomic E-state index is 12.9. The van der Waals surface area contributed by atoms with Gasteiger partial charge in [0.25, 0.3) is 0 Å². The van der Waals surface area contributed by atoms with Crippen molar-refractivity contribution in [3.63, 3.8) is 0 Å². The second-order valence-electron chi connectivity index (χ2n) is 4.07. The molecular weight excluding hydrogens is 177 g/mol. The molecule has 0 bridgehead atoms. The zero-order chi connectivity index (χ0) is 9.97. The number of hydrogen-bond donors (Lipinski definition) is 1. The first kappa shape index (κ1) is 9.66. The lowest BCUT2D eigenvalue weighted by molar-refractivity contribution is 0.141. The molecule has 0 saturated heterocycles. The quantitative estimate of drug-likeness (QED) is 0.778. The van der Waals surface area contributed by atoms with Crippen LogP contribution < -0.4 is 5.32 Å². The first-order chi connectivity index (χ1) is 6.75. The minimum absolute atomic E-state index is 0.0938. The lowest BCUT2D eigenvalue weighted by Crippen LogP contribution is -2.44. The van der Waals surface area contributed by atoms with Crippen molar-refractivity contribution in [1.82, 2.24) is 5.32 Å². The third kappa shape index (κ3) is 2.13. The maximum Gasteiger partial charge on any atom is 0.115 e. The van der Waals surface area contributed by atoms with Crippen molar-refractivity contribution in [2.75, 3.05) is 0 Å². The Balaban J connectivity index is 1.83. The highest BCUT2D eigenvalue weighted by atomic mass is 19.1. The number of aryl methyl sites for hydroxylation is 1. The van der Waals surface area contributed by atoms with E-state index < -0.39 is 6.17 Å². The Labute approximate surface area is 84.3 Å². The summed E-state index contributed by atoms with van der Waals surface area (Å²) >= 11 is 0. The fourth-order valence-electron chi connectivity index (χ4n) is 1.64. The van der Waals surface area contributed by atoms with E-state index >= 15 is 0 Å². The van der Waals surface area contributed by atoms with Gasteiger partial charge >= 0.3 is 0 Å². The molecule has 0 aromatic heterocycles. The van der Waals surface area contributed by atoms with Gasteiger partial charge in [0.05, 0.1) is 0 Å². The van der Waals surface area contributed by atoms with Crippen LogP contribution in [0.5, 0.6) is 0 Å². The summed E-state index contributed by atoms with van der Waals surface area (Å²) in [6, 6.07) is 8.45. The van der Waals surface area contributed by atoms with E-state index in [0.29, 0.717) is 0 Å². The Bertz CT molecular complexity index is 294. The number of rotatable bonds is 3. The Hall–Kier alpha value is -0.890. The Kier molecular flexibility index (Phi) is 2.82. The van der Waals surface area contributed by atoms with Gasteiger partial charge in [0.15, 0.2) is 0 Å². The largest absolute Gasteiger partial charge is 0.307 e. The fraction of sp³-hybridized carbons (Fsp3) is 0.500. The van der Waals surface area contributed by atoms with Crippen molar-refractivity contribution >= 4 is 0 Å². The van der Waals surface area contributed by atoms with Gasteiger partial charge in [0, 0.05) is 12.6 Å². The van der Waals surface area contributed by atoms with E-state index in [4.69, 9.17) is 0 Å². The molecule has 1 nitrogen and oxygen atoms in total. The van der Waals surface area contributed by atoms with Crippen molar-refractivity contribution < 1.29 is 4.39 Å². The second kappa shape index (κ2) is 4.09. The molecular formula is C12H16FN. The molecule has 0 aliphatic heterocycles. The first-order valence-corrected chi connectivity index (χ1v) is 5.19. The van der Waals surface area contributed by atoms with Crippen molar-refractivity contribution in [2.45, 2.75) is 38.5 Å². The van der Waals surface area contributed by atoms with Crippen molar-refractivity contribution in [1.29, 1.82) is 0 Å². The maximum absolute atomic E-state index is 12.9. The summed E-state index contributed by atoms with van der Waals surface area (Å²) < 4.78 is 12.9. The summed E-state index contributed by atoms with van der Waals surface area (Å²) in [6.45, 7) is 2.85. The standard InChI is InChI=1S/C12H16FN/c1-9-2-4-10(5-3-9)8-14-12-7-6-11(12)13/h2-5,11-12,14H,6-8H2,1H3. The van der Waals surface area contributed by atoms with E-state index in [2.05, 4.69) is 36.5 Å². The van der Waals surface area contributed by atoms with Crippen molar-refractivity contribution in [2.24, 2.45) is 0 Å². The number of alkyl halides is 1. The van der Waals surface area contributed by atoms with Crippen LogP contribution in [0.25, 0.3) is 0 Å². The summed E-state index contributed by atoms with van der Waals surface area (Å²) in [4.78, 5) is 0. The fourth-order valence-corrected chi connectivity index (χ4v) is 1.64. The monoisotopic (exact) mass is 193 g/mol. The molecule has 2 unspecified atom stereocenters. The van der Waals surface area contributed by atoms with Gasteiger partial charge in [-0.3, -0.25) is 0 Å². The molecule has 0 radical (unpaired) electrons. The summed E-state index contributed by atoms with van der Waals surface area (Å²) in [5.41, 5.74) is 2.50. The van der Waals surface area contributed by atoms with Gasteiger partial charge in [0.2, 0.25) is 0 Å². The molecule has 76 valence electrons. The molecule has 1 aliphatic rings. The van der Waals surface area contributed by atoms with Crippen LogP contribution in [-0.4, -0.2) is 12.2 Å². The Morgan fingerprint density at radius 2 is 2.00 bits per heavy atom. The first-order valence-electron chi connectivity index (χ1n) is 5.19. The number of nitrogens with one attached hydrogen (secondary N) is 1. The lowest BCUT2D eigenvalue weighted by atomic mass is 9.90. The van der Waals surface area contributed by atoms with Gasteiger partial charge in [0.1, 0.15) is 6.17 Å². The minimum atomic E-state index is -0.625. The van der Waals surface area contributed by atoms with Crippen LogP contribution in [0.3, 0.4) is 0 Å². The molecule has 2 heteroatoms. The highest BCUT2D eigenvalue weighted by molar-refractivity contribution is 5.21. The van der Waals surface area contributed by atoms with Gasteiger partial charge in [-0.25, -0.2) is 4.39 Å². The molecule has 0 amide bonds. The number of halogens is 1. The van der Waals surface area contributed by atoms with Crippen LogP contribution in [-0.2, 0) is 6.54 Å². The van der Waals surface area contributed by atoms with E-state index in [9.17, 15) is 4.39 Å². The molecule has 1 aromatic rings. The van der Waals surface area contributed by atoms with E-state index in [1.807, 2.05) is 0 Å². The summed E-state index contributed by atoms with van der Waals surface area (Å²) in [5.74, 6) is 0. The predicted molar refractivity (Wildman–Crippen MR) is 55.9 cm³/mol. The molecule has 0 spiro atoms. The zero-order valence-corrected chi connectivity index (χ0v) is 8.46. The van der Waals surface area contributed by atoms with E-state index in [-0.39, 0.29) is 6.04 Å². The van der Waals surface area contributed by atoms with E-state index in [1.165, 1.54) is 11.1 Å². The van der Waals surface area contributed by atoms with Crippen LogP contribution in [0.2, 0.25) is 0 Å². The number of hydrogen-bond acceptors (Lipinski definition) is 1. The van der Waals surface area contributed by atoms with Crippen LogP contribution in [0.1, 0.15) is 24.0 Å². The number of benzene rings is 1. The van der Waals surface area contributed by atoms with Crippen LogP contribution >= 0.6 is 0 Å². The molecule has 2 rings (SSSR count). The lowest BCUT2D eigenvalue weighted by Gasteiger charge is -2.31. The molecule has 14 heavy (non-hydrogen) atoms. The topological polar surface area (TPSA) is 12.0 Å². The molecule has 1 aliphatic carbocycles. The van der Waals surface area contributed by atoms with Gasteiger partial charge < -0.3 is 5.32 Å². The molecule has 1 aromatic carbocycles. The highest BCUT2D eigenvalue weighted by Gasteiger charge is 2.29. The van der Waals surface area contributed by atoms with Gasteiger partial charge in [-0.1, -0.05) is 29.8 Å². The van der Waals surface area contributed by atoms with Crippen LogP contribution in [0.15, 0.2) is 24.3 Å². The Morgan fingerprint density at radius 1 is 1.29 bits per heavy atom. The Morgan fingerprint density at radius 3 is 2.50 bits per heavy atom. The van der Waals surface area contributed by atoms with Gasteiger partial charge in [-0.05, 0) is 25.3 Å². The third-order valence-corrected chi connectivity index (χ3v) is 2.88. The molecule has 1 N–H and O–H groups in total. The van der Waals surface area contributed by atoms with Gasteiger partial charge in [-0.2, -0.15) is 0 Å². The van der Waals surface area contributed by atoms with E-state index in [0.717, 1.165) is 19.4 Å². The average molecular weight is 193 g/mol. The smallest absolute Gasteiger partial charge is 0.115 e. The molecule has 0 heterocycles. The van der Waals surface area contributed by atoms with Crippen LogP contribution in [0.4, 0.5) is 4.39 Å². The van der Waals surface area contributed by atoms with E-state index in [1.54, 1.807) is 0 Å². The van der Waals surface area contributed by atoms with Crippen LogP contribution in [0, 0.1) is 6.92 Å². The second-order valence-corrected chi connectivity index (χ2v) is 4.07. The van der Waals surface area contributed by atoms with Crippen molar-refractivity contribution in [3.05, 3.63) is 35.4 Å². The third-order valence-electron chi connectivity index (χ3n) is 2.88. The summed E-state index contributed by atoms with van der Waals surface area (Å²) in [7, 11) is 0. The zero-order valence-electron chi connectivity index (χ0n) is 8.46. The van der Waals surface area contributed by atoms with Crippen molar-refractivity contribution in [3.8, 4) is 0 Å². The molecule has 1 saturated carbocycles. The minimum Gasteiger partial charge on any atom is -0.307 e. The normalized spacial score (nSPS) is 25.9. The SMILES string of the molecule is Cc1ccc(CNC2CCC2F)cc1. The highest BCUT2D eigenvalue weighted by Crippen LogP contribution is 2.23. The molecule has 2 atom stereocenters.